The molecule has 1 unspecified atom stereocenters. The van der Waals surface area contributed by atoms with Crippen LogP contribution in [0.3, 0.4) is 0 Å². The predicted octanol–water partition coefficient (Wildman–Crippen LogP) is 2.50. The minimum Gasteiger partial charge on any atom is -0.604 e. The molecule has 0 saturated carbocycles. The number of hydrogen-bond acceptors (Lipinski definition) is 4. The Kier molecular flexibility index (Phi) is 2.31. The first-order valence-corrected chi connectivity index (χ1v) is 6.54. The third-order valence-corrected chi connectivity index (χ3v) is 4.24. The van der Waals surface area contributed by atoms with Crippen molar-refractivity contribution >= 4 is 28.2 Å². The van der Waals surface area contributed by atoms with Gasteiger partial charge in [0.15, 0.2) is 10.6 Å². The highest BCUT2D eigenvalue weighted by atomic mass is 32.2. The lowest BCUT2D eigenvalue weighted by Crippen LogP contribution is -2.25. The van der Waals surface area contributed by atoms with E-state index in [0.29, 0.717) is 10.8 Å². The lowest BCUT2D eigenvalue weighted by atomic mass is 10.2. The standard InChI is InChI=1S/C12H12N2O2S/c1-2-14-9-5-3-4-6-10(9)17(15)12-11(14)8(13)7-16-12/h3-7H,2,13H2,1H3. The molecule has 1 aromatic carbocycles. The smallest absolute Gasteiger partial charge is 0.343 e. The largest absolute Gasteiger partial charge is 0.604 e. The molecule has 0 aliphatic carbocycles. The van der Waals surface area contributed by atoms with Crippen LogP contribution in [-0.2, 0) is 11.2 Å². The Balaban J connectivity index is 2.27. The number of nitrogen functional groups attached to an aromatic ring is 1. The number of nitrogens with zero attached hydrogens (tertiary/aromatic N) is 1. The van der Waals surface area contributed by atoms with Gasteiger partial charge in [-0.3, -0.25) is 0 Å². The van der Waals surface area contributed by atoms with Gasteiger partial charge in [0.05, 0.1) is 16.9 Å². The summed E-state index contributed by atoms with van der Waals surface area (Å²) >= 11 is -1.28. The second-order valence-corrected chi connectivity index (χ2v) is 5.16. The van der Waals surface area contributed by atoms with Gasteiger partial charge >= 0.3 is 5.09 Å². The van der Waals surface area contributed by atoms with Crippen molar-refractivity contribution in [1.29, 1.82) is 0 Å². The maximum Gasteiger partial charge on any atom is 0.343 e. The third-order valence-electron chi connectivity index (χ3n) is 2.87. The maximum atomic E-state index is 12.3. The molecular weight excluding hydrogens is 236 g/mol. The molecule has 0 spiro atoms. The zero-order valence-corrected chi connectivity index (χ0v) is 10.2. The van der Waals surface area contributed by atoms with E-state index in [-0.39, 0.29) is 0 Å². The zero-order valence-electron chi connectivity index (χ0n) is 9.34. The van der Waals surface area contributed by atoms with Crippen molar-refractivity contribution in [3.05, 3.63) is 30.5 Å². The summed E-state index contributed by atoms with van der Waals surface area (Å²) in [5.41, 5.74) is 8.09. The molecule has 1 atom stereocenters. The molecule has 0 amide bonds. The molecule has 0 saturated heterocycles. The lowest BCUT2D eigenvalue weighted by molar-refractivity contribution is 0.449. The Morgan fingerprint density at radius 1 is 1.41 bits per heavy atom. The molecular formula is C12H12N2O2S. The van der Waals surface area contributed by atoms with Crippen LogP contribution in [0.15, 0.2) is 44.9 Å². The Bertz CT molecular complexity index is 567. The van der Waals surface area contributed by atoms with Crippen molar-refractivity contribution in [2.24, 2.45) is 0 Å². The van der Waals surface area contributed by atoms with Crippen LogP contribution in [0.2, 0.25) is 0 Å². The number of rotatable bonds is 1. The first-order chi connectivity index (χ1) is 8.24. The van der Waals surface area contributed by atoms with Gasteiger partial charge in [0.25, 0.3) is 0 Å². The van der Waals surface area contributed by atoms with Gasteiger partial charge in [-0.1, -0.05) is 12.1 Å². The van der Waals surface area contributed by atoms with Crippen LogP contribution in [-0.4, -0.2) is 11.1 Å². The molecule has 2 heterocycles. The van der Waals surface area contributed by atoms with E-state index in [1.165, 1.54) is 6.26 Å². The summed E-state index contributed by atoms with van der Waals surface area (Å²) in [6.45, 7) is 2.78. The Morgan fingerprint density at radius 2 is 2.18 bits per heavy atom. The minimum atomic E-state index is -1.28. The minimum absolute atomic E-state index is 0.447. The molecule has 88 valence electrons. The molecule has 1 aromatic heterocycles. The second-order valence-electron chi connectivity index (χ2n) is 3.81. The predicted molar refractivity (Wildman–Crippen MR) is 66.9 cm³/mol. The normalized spacial score (nSPS) is 17.8. The van der Waals surface area contributed by atoms with Gasteiger partial charge in [0.1, 0.15) is 12.0 Å². The quantitative estimate of drug-likeness (QED) is 0.787. The fraction of sp³-hybridized carbons (Fsp3) is 0.167. The van der Waals surface area contributed by atoms with Gasteiger partial charge in [-0.05, 0) is 19.1 Å². The lowest BCUT2D eigenvalue weighted by Gasteiger charge is -2.28. The van der Waals surface area contributed by atoms with Crippen LogP contribution in [0.5, 0.6) is 0 Å². The first-order valence-electron chi connectivity index (χ1n) is 5.39. The number of fused-ring (bicyclic) bond motifs is 2. The maximum absolute atomic E-state index is 12.3. The molecule has 1 aliphatic heterocycles. The fourth-order valence-electron chi connectivity index (χ4n) is 2.13. The highest BCUT2D eigenvalue weighted by Gasteiger charge is 2.37. The molecule has 2 aromatic rings. The van der Waals surface area contributed by atoms with Crippen molar-refractivity contribution in [3.63, 3.8) is 0 Å². The monoisotopic (exact) mass is 248 g/mol. The average molecular weight is 248 g/mol. The average Bonchev–Trinajstić information content (AvgIpc) is 2.73. The molecule has 5 heteroatoms. The Morgan fingerprint density at radius 3 is 2.94 bits per heavy atom. The van der Waals surface area contributed by atoms with Crippen molar-refractivity contribution in [2.75, 3.05) is 17.2 Å². The van der Waals surface area contributed by atoms with E-state index in [9.17, 15) is 4.55 Å². The summed E-state index contributed by atoms with van der Waals surface area (Å²) in [6.07, 6.45) is 1.46. The topological polar surface area (TPSA) is 65.5 Å². The molecule has 0 radical (unpaired) electrons. The summed E-state index contributed by atoms with van der Waals surface area (Å²) in [5.74, 6) is 0. The van der Waals surface area contributed by atoms with Crippen molar-refractivity contribution in [3.8, 4) is 0 Å². The van der Waals surface area contributed by atoms with Gasteiger partial charge in [-0.2, -0.15) is 0 Å². The number of hydrogen-bond donors (Lipinski definition) is 1. The van der Waals surface area contributed by atoms with Crippen LogP contribution < -0.4 is 10.6 Å². The molecule has 2 N–H and O–H groups in total. The van der Waals surface area contributed by atoms with E-state index in [0.717, 1.165) is 22.8 Å². The van der Waals surface area contributed by atoms with E-state index in [2.05, 4.69) is 0 Å². The number of anilines is 3. The fourth-order valence-corrected chi connectivity index (χ4v) is 3.44. The molecule has 1 aliphatic rings. The van der Waals surface area contributed by atoms with Crippen LogP contribution in [0.4, 0.5) is 17.1 Å². The number of nitrogens with two attached hydrogens (primary N) is 1. The third kappa shape index (κ3) is 1.36. The summed E-state index contributed by atoms with van der Waals surface area (Å²) < 4.78 is 17.6. The van der Waals surface area contributed by atoms with Crippen molar-refractivity contribution in [2.45, 2.75) is 16.9 Å². The van der Waals surface area contributed by atoms with E-state index in [1.807, 2.05) is 36.1 Å². The van der Waals surface area contributed by atoms with Crippen molar-refractivity contribution in [1.82, 2.24) is 0 Å². The van der Waals surface area contributed by atoms with Crippen LogP contribution in [0.25, 0.3) is 0 Å². The second kappa shape index (κ2) is 3.72. The zero-order chi connectivity index (χ0) is 12.0. The van der Waals surface area contributed by atoms with Crippen LogP contribution >= 0.6 is 0 Å². The van der Waals surface area contributed by atoms with E-state index in [1.54, 1.807) is 0 Å². The van der Waals surface area contributed by atoms with E-state index >= 15 is 0 Å². The van der Waals surface area contributed by atoms with Crippen LogP contribution in [0.1, 0.15) is 6.92 Å². The van der Waals surface area contributed by atoms with Gasteiger partial charge in [-0.15, -0.1) is 0 Å². The molecule has 3 rings (SSSR count). The summed E-state index contributed by atoms with van der Waals surface area (Å²) in [6, 6.07) is 7.61. The summed E-state index contributed by atoms with van der Waals surface area (Å²) in [7, 11) is 0. The Hall–Kier alpha value is -1.59. The summed E-state index contributed by atoms with van der Waals surface area (Å²) in [4.78, 5) is 2.81. The number of furan rings is 1. The van der Waals surface area contributed by atoms with Crippen molar-refractivity contribution < 1.29 is 8.97 Å². The first kappa shape index (κ1) is 10.6. The molecule has 4 nitrogen and oxygen atoms in total. The molecule has 0 bridgehead atoms. The molecule has 0 fully saturated rings. The van der Waals surface area contributed by atoms with E-state index < -0.39 is 11.2 Å². The highest BCUT2D eigenvalue weighted by Crippen LogP contribution is 2.47. The SMILES string of the molecule is CCN1c2ccccc2[S+]([O-])c2occ(N)c21. The van der Waals surface area contributed by atoms with Gasteiger partial charge in [0, 0.05) is 6.54 Å². The number of benzene rings is 1. The van der Waals surface area contributed by atoms with E-state index in [4.69, 9.17) is 10.2 Å². The van der Waals surface area contributed by atoms with Gasteiger partial charge in [-0.25, -0.2) is 0 Å². The molecule has 17 heavy (non-hydrogen) atoms. The van der Waals surface area contributed by atoms with Gasteiger partial charge in [0.2, 0.25) is 0 Å². The number of para-hydroxylation sites is 1. The summed E-state index contributed by atoms with van der Waals surface area (Å²) in [5, 5.41) is 0.447. The van der Waals surface area contributed by atoms with Crippen LogP contribution in [0, 0.1) is 0 Å². The van der Waals surface area contributed by atoms with Gasteiger partial charge < -0.3 is 19.6 Å². The highest BCUT2D eigenvalue weighted by molar-refractivity contribution is 7.91. The Labute approximate surface area is 102 Å².